The van der Waals surface area contributed by atoms with Crippen LogP contribution < -0.4 is 40.2 Å². The predicted molar refractivity (Wildman–Crippen MR) is 484 cm³/mol. The van der Waals surface area contributed by atoms with Crippen molar-refractivity contribution in [2.75, 3.05) is 102 Å². The average molecular weight is 1780 g/mol. The van der Waals surface area contributed by atoms with E-state index in [9.17, 15) is 32.3 Å². The number of hydrogen-bond donors (Lipinski definition) is 12. The molecule has 0 spiro atoms. The smallest absolute Gasteiger partial charge is 0.278 e. The number of hydrogen-bond acceptors (Lipinski definition) is 23. The van der Waals surface area contributed by atoms with Crippen LogP contribution in [0.4, 0.5) is 35.9 Å². The summed E-state index contributed by atoms with van der Waals surface area (Å²) < 4.78 is 74.7. The van der Waals surface area contributed by atoms with Crippen LogP contribution in [-0.2, 0) is 56.5 Å². The van der Waals surface area contributed by atoms with Crippen LogP contribution >= 0.6 is 0 Å². The summed E-state index contributed by atoms with van der Waals surface area (Å²) in [5.41, 5.74) is 14.9. The Balaban J connectivity index is 0.000000128. The molecule has 2 aliphatic rings. The lowest BCUT2D eigenvalue weighted by molar-refractivity contribution is -0.120. The van der Waals surface area contributed by atoms with Crippen LogP contribution in [0, 0.1) is 24.4 Å². The van der Waals surface area contributed by atoms with Gasteiger partial charge >= 0.3 is 0 Å². The number of benzene rings is 7. The van der Waals surface area contributed by atoms with Crippen molar-refractivity contribution in [1.29, 1.82) is 0 Å². The Hall–Kier alpha value is -15.7. The molecular formula is C91H94F3N27O10. The van der Waals surface area contributed by atoms with Gasteiger partial charge in [0, 0.05) is 81.6 Å². The normalized spacial score (nSPS) is 13.1. The molecule has 0 unspecified atom stereocenters. The Labute approximate surface area is 745 Å². The highest BCUT2D eigenvalue weighted by Gasteiger charge is 2.32. The summed E-state index contributed by atoms with van der Waals surface area (Å²) in [5, 5.41) is 52.2. The summed E-state index contributed by atoms with van der Waals surface area (Å²) in [7, 11) is 8.00. The van der Waals surface area contributed by atoms with Crippen molar-refractivity contribution in [2.24, 2.45) is 7.05 Å². The Bertz CT molecular complexity index is 6860. The molecular weight excluding hydrogens is 1690 g/mol. The summed E-state index contributed by atoms with van der Waals surface area (Å²) in [6.07, 6.45) is 5.63. The van der Waals surface area contributed by atoms with Gasteiger partial charge in [0.2, 0.25) is 11.8 Å². The number of aromatic amines is 8. The summed E-state index contributed by atoms with van der Waals surface area (Å²) in [6.45, 7) is 20.1. The number of ether oxygens (including phenoxy) is 6. The largest absolute Gasteiger partial charge is 0.493 e. The van der Waals surface area contributed by atoms with Gasteiger partial charge in [0.1, 0.15) is 45.9 Å². The standard InChI is InChI=1S/C25H28N6O2.C23H22F2N6O2.C22H19FN8O3.C21H25N7O3/c1-25(2,18-6-4-3-5-7-18)24(32)29-21-15-26-30-22(21)23-27-19-9-8-17(14-20(19)28-23)16-31-10-12-33-13-11-31;24-16-2-1-3-17(25)15(16)11-21(32)27-20-12-26-30-22(20)23-28-18-5-4-14(10-19(18)29-23)13-31-6-8-33-9-7-31;1-11-19(30-31(29-11)13-6-4-12(23)5-7-13)22(32)27-16-10-24-28-20(16)21-25-14-8-17(33-2)18(34-3)9-15(14)26-21;1-21(2,3)17-9-14(28(4)27-17)20(29)25-13-10-22-26-18(13)19-23-11-7-15(30-5)16(31-6)8-12(11)24-19/h3-9,14-15H,10-13,16H2,1-2H3,(H,26,30)(H,27,28)(H,29,32);1-5,10,12H,6-9,11,13H2,(H,26,30)(H,27,32)(H,28,29);4-10H,1-3H3,(H,24,28)(H,25,26)(H,27,32);7-10H,1-6H3,(H,22,26)(H,23,24)(H,25,29). The van der Waals surface area contributed by atoms with Crippen molar-refractivity contribution in [3.05, 3.63) is 227 Å². The maximum Gasteiger partial charge on any atom is 0.278 e. The molecule has 10 aromatic heterocycles. The molecule has 2 aliphatic heterocycles. The number of halogens is 3. The first-order valence-corrected chi connectivity index (χ1v) is 41.7. The van der Waals surface area contributed by atoms with Gasteiger partial charge in [-0.25, -0.2) is 33.1 Å². The molecule has 17 aromatic rings. The maximum atomic E-state index is 13.9. The van der Waals surface area contributed by atoms with Crippen molar-refractivity contribution < 1.29 is 60.8 Å². The lowest BCUT2D eigenvalue weighted by atomic mass is 9.83. The van der Waals surface area contributed by atoms with E-state index in [1.54, 1.807) is 83.8 Å². The fourth-order valence-corrected chi connectivity index (χ4v) is 14.8. The van der Waals surface area contributed by atoms with Gasteiger partial charge in [-0.2, -0.15) is 35.4 Å². The van der Waals surface area contributed by atoms with E-state index in [1.807, 2.05) is 68.4 Å². The van der Waals surface area contributed by atoms with Crippen LogP contribution in [0.1, 0.15) is 89.2 Å². The lowest BCUT2D eigenvalue weighted by Crippen LogP contribution is -2.35. The molecule has 0 bridgehead atoms. The number of amides is 4. The van der Waals surface area contributed by atoms with Gasteiger partial charge in [0.25, 0.3) is 11.8 Å². The number of fused-ring (bicyclic) bond motifs is 4. The molecule has 7 aromatic carbocycles. The van der Waals surface area contributed by atoms with Crippen molar-refractivity contribution in [2.45, 2.75) is 71.9 Å². The number of rotatable bonds is 23. The Morgan fingerprint density at radius 3 is 1.34 bits per heavy atom. The third-order valence-corrected chi connectivity index (χ3v) is 22.0. The quantitative estimate of drug-likeness (QED) is 0.0283. The number of anilines is 4. The number of nitrogens with one attached hydrogen (secondary N) is 12. The Morgan fingerprint density at radius 2 is 0.893 bits per heavy atom. The summed E-state index contributed by atoms with van der Waals surface area (Å²) in [4.78, 5) is 89.0. The third-order valence-electron chi connectivity index (χ3n) is 22.0. The highest BCUT2D eigenvalue weighted by Crippen LogP contribution is 2.38. The van der Waals surface area contributed by atoms with Crippen molar-refractivity contribution in [1.82, 2.24) is 115 Å². The molecule has 19 rings (SSSR count). The van der Waals surface area contributed by atoms with E-state index in [2.05, 4.69) is 161 Å². The molecule has 12 N–H and O–H groups in total. The van der Waals surface area contributed by atoms with Crippen LogP contribution in [0.5, 0.6) is 23.0 Å². The number of H-pyrrole nitrogens is 8. The zero-order valence-corrected chi connectivity index (χ0v) is 73.3. The van der Waals surface area contributed by atoms with Crippen LogP contribution in [0.2, 0.25) is 0 Å². The van der Waals surface area contributed by atoms with E-state index in [-0.39, 0.29) is 34.3 Å². The molecule has 674 valence electrons. The molecule has 2 saturated heterocycles. The van der Waals surface area contributed by atoms with Gasteiger partial charge in [-0.05, 0) is 104 Å². The van der Waals surface area contributed by atoms with E-state index in [1.165, 1.54) is 53.1 Å². The molecule has 0 saturated carbocycles. The zero-order chi connectivity index (χ0) is 91.8. The van der Waals surface area contributed by atoms with Gasteiger partial charge in [-0.3, -0.25) is 54.1 Å². The molecule has 4 amide bonds. The van der Waals surface area contributed by atoms with E-state index in [0.717, 1.165) is 128 Å². The van der Waals surface area contributed by atoms with Crippen LogP contribution in [0.25, 0.3) is 95.9 Å². The molecule has 12 heterocycles. The molecule has 37 nitrogen and oxygen atoms in total. The molecule has 40 heteroatoms. The predicted octanol–water partition coefficient (Wildman–Crippen LogP) is 13.5. The number of morpholine rings is 2. The van der Waals surface area contributed by atoms with Crippen molar-refractivity contribution >= 4 is 90.5 Å². The number of carbonyl (C=O) groups excluding carboxylic acids is 4. The SMILES string of the molecule is CC(C)(C(=O)Nc1cn[nH]c1-c1nc2ccc(CN3CCOCC3)cc2[nH]1)c1ccccc1.COc1cc2nc(-c3[nH]ncc3NC(=O)c3cc(C(C)(C)C)nn3C)[nH]c2cc1OC.COc1cc2nc(-c3[nH]ncc3NC(=O)c3nn(-c4ccc(F)cc4)nc3C)[nH]c2cc1OC.O=C(Cc1c(F)cccc1F)Nc1cn[nH]c1-c1nc2ccc(CN3CCOCC3)cc2[nH]1. The number of nitrogens with zero attached hydrogens (tertiary/aromatic N) is 15. The van der Waals surface area contributed by atoms with E-state index >= 15 is 0 Å². The first-order valence-electron chi connectivity index (χ1n) is 41.7. The molecule has 131 heavy (non-hydrogen) atoms. The van der Waals surface area contributed by atoms with Gasteiger partial charge in [-0.1, -0.05) is 69.3 Å². The second kappa shape index (κ2) is 38.5. The van der Waals surface area contributed by atoms with Crippen molar-refractivity contribution in [3.63, 3.8) is 0 Å². The monoisotopic (exact) mass is 1780 g/mol. The fourth-order valence-electron chi connectivity index (χ4n) is 14.8. The van der Waals surface area contributed by atoms with Crippen LogP contribution in [-0.4, -0.2) is 220 Å². The summed E-state index contributed by atoms with van der Waals surface area (Å²) >= 11 is 0. The van der Waals surface area contributed by atoms with Gasteiger partial charge in [0.15, 0.2) is 52.0 Å². The minimum atomic E-state index is -0.761. The maximum absolute atomic E-state index is 13.9. The van der Waals surface area contributed by atoms with E-state index in [4.69, 9.17) is 33.4 Å². The zero-order valence-electron chi connectivity index (χ0n) is 73.3. The lowest BCUT2D eigenvalue weighted by Gasteiger charge is -2.26. The first-order chi connectivity index (χ1) is 63.2. The van der Waals surface area contributed by atoms with Gasteiger partial charge in [0.05, 0.1) is 175 Å². The molecule has 0 radical (unpaired) electrons. The Kier molecular flexibility index (Phi) is 26.1. The number of methoxy groups -OCH3 is 4. The summed E-state index contributed by atoms with van der Waals surface area (Å²) in [6, 6.07) is 40.1. The topological polar surface area (TPSA) is 456 Å². The fraction of sp³-hybridized carbons (Fsp3) is 0.264. The summed E-state index contributed by atoms with van der Waals surface area (Å²) in [5.74, 6) is 1.07. The molecule has 2 fully saturated rings. The highest BCUT2D eigenvalue weighted by atomic mass is 19.1. The third kappa shape index (κ3) is 20.0. The molecule has 0 aliphatic carbocycles. The van der Waals surface area contributed by atoms with Crippen LogP contribution in [0.3, 0.4) is 0 Å². The number of aromatic nitrogens is 21. The highest BCUT2D eigenvalue weighted by molar-refractivity contribution is 6.06. The number of imidazole rings is 4. The first kappa shape index (κ1) is 88.7. The number of carbonyl (C=O) groups is 4. The van der Waals surface area contributed by atoms with Crippen LogP contribution in [0.15, 0.2) is 164 Å². The van der Waals surface area contributed by atoms with E-state index in [0.29, 0.717) is 120 Å². The Morgan fingerprint density at radius 1 is 0.466 bits per heavy atom. The minimum absolute atomic E-state index is 0.111. The van der Waals surface area contributed by atoms with E-state index < -0.39 is 35.3 Å². The molecule has 0 atom stereocenters. The second-order valence-electron chi connectivity index (χ2n) is 32.4. The second-order valence-corrected chi connectivity index (χ2v) is 32.4. The van der Waals surface area contributed by atoms with Crippen molar-refractivity contribution in [3.8, 4) is 74.8 Å². The van der Waals surface area contributed by atoms with Gasteiger partial charge < -0.3 is 69.6 Å². The number of aryl methyl sites for hydroxylation is 2. The minimum Gasteiger partial charge on any atom is -0.493 e. The van der Waals surface area contributed by atoms with Gasteiger partial charge in [-0.15, -0.1) is 5.10 Å². The average Bonchev–Trinajstić information content (AvgIpc) is 1.64.